The van der Waals surface area contributed by atoms with E-state index < -0.39 is 15.7 Å². The number of nitrogens with zero attached hydrogens (tertiary/aromatic N) is 2. The van der Waals surface area contributed by atoms with Crippen molar-refractivity contribution in [1.29, 1.82) is 0 Å². The molecule has 0 aliphatic rings. The lowest BCUT2D eigenvalue weighted by molar-refractivity contribution is -0.117. The molecule has 9 heteroatoms. The zero-order chi connectivity index (χ0) is 21.0. The molecule has 1 amide bonds. The highest BCUT2D eigenvalue weighted by atomic mass is 35.5. The Labute approximate surface area is 182 Å². The van der Waals surface area contributed by atoms with Crippen molar-refractivity contribution in [3.63, 3.8) is 0 Å². The van der Waals surface area contributed by atoms with Gasteiger partial charge in [-0.2, -0.15) is 4.99 Å². The first-order chi connectivity index (χ1) is 13.8. The van der Waals surface area contributed by atoms with E-state index in [4.69, 9.17) is 29.6 Å². The lowest BCUT2D eigenvalue weighted by atomic mass is 10.2. The summed E-state index contributed by atoms with van der Waals surface area (Å²) in [4.78, 5) is 16.8. The van der Waals surface area contributed by atoms with Gasteiger partial charge in [-0.3, -0.25) is 4.79 Å². The second-order valence-electron chi connectivity index (χ2n) is 6.22. The van der Waals surface area contributed by atoms with E-state index in [2.05, 4.69) is 10.9 Å². The van der Waals surface area contributed by atoms with E-state index >= 15 is 0 Å². The third-order valence-corrected chi connectivity index (χ3v) is 7.50. The average molecular weight is 467 g/mol. The number of rotatable bonds is 6. The Kier molecular flexibility index (Phi) is 6.81. The van der Waals surface area contributed by atoms with Gasteiger partial charge in [-0.1, -0.05) is 70.8 Å². The van der Waals surface area contributed by atoms with Crippen molar-refractivity contribution < 1.29 is 13.2 Å². The summed E-state index contributed by atoms with van der Waals surface area (Å²) in [5, 5.41) is 0.912. The lowest BCUT2D eigenvalue weighted by Gasteiger charge is -2.03. The maximum Gasteiger partial charge on any atom is 0.249 e. The minimum Gasteiger partial charge on any atom is -0.303 e. The number of carbonyl (C=O) groups excluding carboxylic acids is 1. The predicted octanol–water partition coefficient (Wildman–Crippen LogP) is 4.08. The van der Waals surface area contributed by atoms with Crippen LogP contribution >= 0.6 is 34.5 Å². The molecule has 0 spiro atoms. The van der Waals surface area contributed by atoms with Crippen molar-refractivity contribution >= 4 is 60.5 Å². The summed E-state index contributed by atoms with van der Waals surface area (Å²) in [5.41, 5.74) is 1.28. The molecule has 29 heavy (non-hydrogen) atoms. The van der Waals surface area contributed by atoms with Crippen LogP contribution in [-0.2, 0) is 26.9 Å². The summed E-state index contributed by atoms with van der Waals surface area (Å²) in [6, 6.07) is 12.1. The van der Waals surface area contributed by atoms with Gasteiger partial charge in [0.1, 0.15) is 0 Å². The van der Waals surface area contributed by atoms with Gasteiger partial charge in [-0.05, 0) is 17.7 Å². The number of amides is 1. The van der Waals surface area contributed by atoms with Crippen LogP contribution in [0.4, 0.5) is 0 Å². The van der Waals surface area contributed by atoms with E-state index in [-0.39, 0.29) is 24.5 Å². The van der Waals surface area contributed by atoms with Crippen LogP contribution in [0.1, 0.15) is 12.0 Å². The monoisotopic (exact) mass is 466 g/mol. The number of thiazole rings is 1. The fraction of sp³-hybridized carbons (Fsp3) is 0.200. The molecule has 0 saturated heterocycles. The van der Waals surface area contributed by atoms with Gasteiger partial charge >= 0.3 is 0 Å². The maximum atomic E-state index is 12.4. The van der Waals surface area contributed by atoms with Gasteiger partial charge in [-0.25, -0.2) is 8.42 Å². The molecule has 0 N–H and O–H groups in total. The number of sulfone groups is 1. The van der Waals surface area contributed by atoms with Crippen LogP contribution in [-0.4, -0.2) is 24.6 Å². The topological polar surface area (TPSA) is 68.5 Å². The van der Waals surface area contributed by atoms with Gasteiger partial charge in [0.15, 0.2) is 14.6 Å². The fourth-order valence-electron chi connectivity index (χ4n) is 2.74. The summed E-state index contributed by atoms with van der Waals surface area (Å²) >= 11 is 13.7. The van der Waals surface area contributed by atoms with Gasteiger partial charge in [-0.15, -0.1) is 6.42 Å². The molecule has 1 aromatic heterocycles. The van der Waals surface area contributed by atoms with E-state index in [9.17, 15) is 13.2 Å². The Morgan fingerprint density at radius 3 is 2.52 bits per heavy atom. The number of carbonyl (C=O) groups is 1. The molecule has 2 aromatic carbocycles. The number of terminal acetylenes is 1. The molecule has 0 saturated carbocycles. The van der Waals surface area contributed by atoms with Gasteiger partial charge in [0.25, 0.3) is 0 Å². The maximum absolute atomic E-state index is 12.4. The molecule has 0 bridgehead atoms. The van der Waals surface area contributed by atoms with Crippen molar-refractivity contribution in [2.24, 2.45) is 4.99 Å². The number of hydrogen-bond acceptors (Lipinski definition) is 4. The van der Waals surface area contributed by atoms with Gasteiger partial charge in [0, 0.05) is 6.42 Å². The van der Waals surface area contributed by atoms with Crippen molar-refractivity contribution in [1.82, 2.24) is 4.57 Å². The van der Waals surface area contributed by atoms with Crippen molar-refractivity contribution in [2.75, 3.05) is 5.75 Å². The molecule has 0 fully saturated rings. The molecular formula is C20H16Cl2N2O3S2. The largest absolute Gasteiger partial charge is 0.303 e. The number of aromatic nitrogens is 1. The lowest BCUT2D eigenvalue weighted by Crippen LogP contribution is -2.18. The molecule has 0 atom stereocenters. The smallest absolute Gasteiger partial charge is 0.249 e. The minimum absolute atomic E-state index is 0.119. The second-order valence-corrected chi connectivity index (χ2v) is 10.2. The van der Waals surface area contributed by atoms with Crippen LogP contribution in [0, 0.1) is 12.3 Å². The fourth-order valence-corrected chi connectivity index (χ4v) is 5.73. The summed E-state index contributed by atoms with van der Waals surface area (Å²) in [6.45, 7) is 0.151. The highest BCUT2D eigenvalue weighted by molar-refractivity contribution is 7.90. The molecule has 1 heterocycles. The Hall–Kier alpha value is -2.11. The Morgan fingerprint density at radius 2 is 1.83 bits per heavy atom. The molecule has 5 nitrogen and oxygen atoms in total. The summed E-state index contributed by atoms with van der Waals surface area (Å²) in [7, 11) is -3.44. The molecule has 0 unspecified atom stereocenters. The highest BCUT2D eigenvalue weighted by Gasteiger charge is 2.16. The van der Waals surface area contributed by atoms with E-state index in [1.54, 1.807) is 41.0 Å². The zero-order valence-electron chi connectivity index (χ0n) is 15.1. The van der Waals surface area contributed by atoms with Gasteiger partial charge in [0.05, 0.1) is 38.3 Å². The number of benzene rings is 2. The first-order valence-electron chi connectivity index (χ1n) is 8.53. The molecule has 0 aliphatic carbocycles. The normalized spacial score (nSPS) is 12.2. The number of halogens is 2. The first kappa shape index (κ1) is 21.6. The van der Waals surface area contributed by atoms with Crippen molar-refractivity contribution in [2.45, 2.75) is 18.7 Å². The van der Waals surface area contributed by atoms with Gasteiger partial charge < -0.3 is 4.57 Å². The third kappa shape index (κ3) is 5.28. The van der Waals surface area contributed by atoms with E-state index in [0.717, 1.165) is 0 Å². The standard InChI is InChI=1S/C20H16Cl2N2O3S2/c1-2-11-24-18-15(21)8-9-16(22)19(18)28-20(24)23-17(25)10-12-29(26,27)13-14-6-4-3-5-7-14/h1,3-9H,10-13H2. The Morgan fingerprint density at radius 1 is 1.14 bits per heavy atom. The molecule has 0 aliphatic heterocycles. The summed E-state index contributed by atoms with van der Waals surface area (Å²) in [6.07, 6.45) is 5.22. The van der Waals surface area contributed by atoms with Crippen LogP contribution < -0.4 is 4.80 Å². The SMILES string of the molecule is C#CCn1c(=NC(=O)CCS(=O)(=O)Cc2ccccc2)sc2c(Cl)ccc(Cl)c21. The van der Waals surface area contributed by atoms with Crippen LogP contribution in [0.2, 0.25) is 10.0 Å². The summed E-state index contributed by atoms with van der Waals surface area (Å²) < 4.78 is 26.9. The van der Waals surface area contributed by atoms with Crippen molar-refractivity contribution in [3.8, 4) is 12.3 Å². The number of fused-ring (bicyclic) bond motifs is 1. The predicted molar refractivity (Wildman–Crippen MR) is 118 cm³/mol. The zero-order valence-corrected chi connectivity index (χ0v) is 18.3. The van der Waals surface area contributed by atoms with Crippen LogP contribution in [0.5, 0.6) is 0 Å². The van der Waals surface area contributed by atoms with Gasteiger partial charge in [0.2, 0.25) is 5.91 Å². The average Bonchev–Trinajstić information content (AvgIpc) is 3.03. The Balaban J connectivity index is 1.85. The van der Waals surface area contributed by atoms with E-state index in [1.165, 1.54) is 11.3 Å². The molecule has 150 valence electrons. The Bertz CT molecular complexity index is 1270. The van der Waals surface area contributed by atoms with Crippen LogP contribution in [0.25, 0.3) is 10.2 Å². The minimum atomic E-state index is -3.44. The highest BCUT2D eigenvalue weighted by Crippen LogP contribution is 2.31. The van der Waals surface area contributed by atoms with Crippen LogP contribution in [0.15, 0.2) is 47.5 Å². The second kappa shape index (κ2) is 9.14. The molecular weight excluding hydrogens is 451 g/mol. The van der Waals surface area contributed by atoms with E-state index in [0.29, 0.717) is 30.6 Å². The van der Waals surface area contributed by atoms with Crippen molar-refractivity contribution in [3.05, 3.63) is 62.9 Å². The van der Waals surface area contributed by atoms with Crippen LogP contribution in [0.3, 0.4) is 0 Å². The van der Waals surface area contributed by atoms with E-state index in [1.807, 2.05) is 6.07 Å². The summed E-state index contributed by atoms with van der Waals surface area (Å²) in [5.74, 6) is 1.55. The third-order valence-electron chi connectivity index (χ3n) is 4.05. The first-order valence-corrected chi connectivity index (χ1v) is 11.9. The quantitative estimate of drug-likeness (QED) is 0.514. The molecule has 3 aromatic rings. The molecule has 0 radical (unpaired) electrons. The number of hydrogen-bond donors (Lipinski definition) is 0. The molecule has 3 rings (SSSR count).